The quantitative estimate of drug-likeness (QED) is 0.672. The Kier molecular flexibility index (Phi) is 5.77. The van der Waals surface area contributed by atoms with E-state index in [0.29, 0.717) is 0 Å². The highest BCUT2D eigenvalue weighted by atomic mass is 16.5. The molecule has 0 radical (unpaired) electrons. The van der Waals surface area contributed by atoms with Crippen molar-refractivity contribution >= 4 is 23.1 Å². The summed E-state index contributed by atoms with van der Waals surface area (Å²) in [5.41, 5.74) is 2.80. The second kappa shape index (κ2) is 8.99. The van der Waals surface area contributed by atoms with Crippen LogP contribution >= 0.6 is 0 Å². The average molecular weight is 422 g/mol. The Balaban J connectivity index is 1.19. The van der Waals surface area contributed by atoms with E-state index in [2.05, 4.69) is 36.5 Å². The molecule has 0 saturated carbocycles. The monoisotopic (exact) mass is 421 g/mol. The summed E-state index contributed by atoms with van der Waals surface area (Å²) in [6, 6.07) is 12.0. The average Bonchev–Trinajstić information content (AvgIpc) is 3.29. The van der Waals surface area contributed by atoms with E-state index >= 15 is 0 Å². The number of amides is 1. The summed E-state index contributed by atoms with van der Waals surface area (Å²) in [5, 5.41) is 15.6. The number of ether oxygens (including phenoxy) is 1. The second-order valence-electron chi connectivity index (χ2n) is 8.12. The summed E-state index contributed by atoms with van der Waals surface area (Å²) >= 11 is 0. The minimum atomic E-state index is 0.00587. The second-order valence-corrected chi connectivity index (χ2v) is 8.12. The maximum absolute atomic E-state index is 13.0. The van der Waals surface area contributed by atoms with Crippen molar-refractivity contribution < 1.29 is 9.53 Å². The molecule has 2 aliphatic heterocycles. The highest BCUT2D eigenvalue weighted by Crippen LogP contribution is 2.25. The predicted octanol–water partition coefficient (Wildman–Crippen LogP) is 1.81. The van der Waals surface area contributed by atoms with E-state index < -0.39 is 0 Å². The van der Waals surface area contributed by atoms with Gasteiger partial charge >= 0.3 is 0 Å². The molecule has 2 saturated heterocycles. The van der Waals surface area contributed by atoms with Gasteiger partial charge in [0.15, 0.2) is 5.65 Å². The molecule has 0 spiro atoms. The third-order valence-corrected chi connectivity index (χ3v) is 6.11. The van der Waals surface area contributed by atoms with Crippen LogP contribution in [0.15, 0.2) is 42.7 Å². The summed E-state index contributed by atoms with van der Waals surface area (Å²) in [5.74, 6) is 1.00. The van der Waals surface area contributed by atoms with Gasteiger partial charge in [-0.1, -0.05) is 18.2 Å². The Labute approximate surface area is 181 Å². The van der Waals surface area contributed by atoms with Gasteiger partial charge < -0.3 is 15.0 Å². The normalized spacial score (nSPS) is 18.4. The molecule has 2 aliphatic rings. The molecule has 162 valence electrons. The lowest BCUT2D eigenvalue weighted by Gasteiger charge is -2.32. The Morgan fingerprint density at radius 1 is 1.06 bits per heavy atom. The zero-order chi connectivity index (χ0) is 21.0. The van der Waals surface area contributed by atoms with Crippen LogP contribution in [0.1, 0.15) is 18.4 Å². The predicted molar refractivity (Wildman–Crippen MR) is 117 cm³/mol. The number of hydrogen-bond acceptors (Lipinski definition) is 7. The molecular formula is C22H27N7O2. The zero-order valence-corrected chi connectivity index (χ0v) is 17.5. The van der Waals surface area contributed by atoms with Crippen molar-refractivity contribution in [3.8, 4) is 0 Å². The zero-order valence-electron chi connectivity index (χ0n) is 17.5. The number of carbonyl (C=O) groups excluding carboxylic acids is 1. The molecule has 3 aromatic rings. The summed E-state index contributed by atoms with van der Waals surface area (Å²) in [6.07, 6.45) is 3.21. The van der Waals surface area contributed by atoms with E-state index in [9.17, 15) is 4.79 Å². The molecule has 1 aromatic carbocycles. The van der Waals surface area contributed by atoms with Gasteiger partial charge in [-0.3, -0.25) is 9.69 Å². The number of fused-ring (bicyclic) bond motifs is 1. The summed E-state index contributed by atoms with van der Waals surface area (Å²) in [6.45, 7) is 5.82. The molecule has 0 aliphatic carbocycles. The molecule has 1 amide bonds. The summed E-state index contributed by atoms with van der Waals surface area (Å²) in [7, 11) is 0. The maximum Gasteiger partial charge on any atom is 0.227 e. The molecule has 5 rings (SSSR count). The third-order valence-electron chi connectivity index (χ3n) is 6.11. The minimum absolute atomic E-state index is 0.00587. The van der Waals surface area contributed by atoms with Gasteiger partial charge in [0.2, 0.25) is 5.91 Å². The van der Waals surface area contributed by atoms with Crippen LogP contribution < -0.4 is 10.2 Å². The van der Waals surface area contributed by atoms with Crippen LogP contribution in [0.25, 0.3) is 5.65 Å². The van der Waals surface area contributed by atoms with Crippen LogP contribution in [0.2, 0.25) is 0 Å². The molecule has 9 nitrogen and oxygen atoms in total. The SMILES string of the molecule is O=C(Nc1ccccc1CN1CCOCC1)C1CCN(c2ccc3nncn3n2)CC1. The first-order chi connectivity index (χ1) is 15.3. The van der Waals surface area contributed by atoms with E-state index in [1.807, 2.05) is 30.3 Å². The lowest BCUT2D eigenvalue weighted by atomic mass is 9.95. The molecular weight excluding hydrogens is 394 g/mol. The summed E-state index contributed by atoms with van der Waals surface area (Å²) < 4.78 is 7.12. The highest BCUT2D eigenvalue weighted by Gasteiger charge is 2.26. The fourth-order valence-corrected chi connectivity index (χ4v) is 4.27. The van der Waals surface area contributed by atoms with Crippen molar-refractivity contribution in [1.29, 1.82) is 0 Å². The molecule has 31 heavy (non-hydrogen) atoms. The third kappa shape index (κ3) is 4.52. The number of piperidine rings is 1. The highest BCUT2D eigenvalue weighted by molar-refractivity contribution is 5.93. The van der Waals surface area contributed by atoms with E-state index in [0.717, 1.165) is 81.5 Å². The number of benzene rings is 1. The van der Waals surface area contributed by atoms with Crippen LogP contribution in [0.4, 0.5) is 11.5 Å². The van der Waals surface area contributed by atoms with Gasteiger partial charge in [0.05, 0.1) is 13.2 Å². The molecule has 4 heterocycles. The van der Waals surface area contributed by atoms with Crippen molar-refractivity contribution in [2.45, 2.75) is 19.4 Å². The Morgan fingerprint density at radius 3 is 2.71 bits per heavy atom. The van der Waals surface area contributed by atoms with Crippen molar-refractivity contribution in [3.63, 3.8) is 0 Å². The number of hydrogen-bond donors (Lipinski definition) is 1. The van der Waals surface area contributed by atoms with Gasteiger partial charge in [-0.05, 0) is 36.6 Å². The Morgan fingerprint density at radius 2 is 1.87 bits per heavy atom. The largest absolute Gasteiger partial charge is 0.379 e. The van der Waals surface area contributed by atoms with Gasteiger partial charge in [-0.2, -0.15) is 4.52 Å². The first-order valence-electron chi connectivity index (χ1n) is 10.9. The molecule has 0 unspecified atom stereocenters. The number of nitrogens with zero attached hydrogens (tertiary/aromatic N) is 6. The van der Waals surface area contributed by atoms with Crippen molar-refractivity contribution in [1.82, 2.24) is 24.7 Å². The van der Waals surface area contributed by atoms with Gasteiger partial charge in [-0.15, -0.1) is 15.3 Å². The number of para-hydroxylation sites is 1. The number of carbonyl (C=O) groups is 1. The van der Waals surface area contributed by atoms with E-state index in [1.165, 1.54) is 0 Å². The van der Waals surface area contributed by atoms with Crippen molar-refractivity contribution in [2.75, 3.05) is 49.6 Å². The van der Waals surface area contributed by atoms with Crippen LogP contribution in [0, 0.1) is 5.92 Å². The fourth-order valence-electron chi connectivity index (χ4n) is 4.27. The number of morpholine rings is 1. The molecule has 9 heteroatoms. The van der Waals surface area contributed by atoms with Crippen molar-refractivity contribution in [3.05, 3.63) is 48.3 Å². The molecule has 1 N–H and O–H groups in total. The molecule has 2 aromatic heterocycles. The first-order valence-corrected chi connectivity index (χ1v) is 10.9. The summed E-state index contributed by atoms with van der Waals surface area (Å²) in [4.78, 5) is 17.6. The molecule has 0 bridgehead atoms. The van der Waals surface area contributed by atoms with Gasteiger partial charge in [0.1, 0.15) is 12.1 Å². The number of rotatable bonds is 5. The fraction of sp³-hybridized carbons (Fsp3) is 0.455. The Bertz CT molecular complexity index is 1040. The van der Waals surface area contributed by atoms with E-state index in [-0.39, 0.29) is 11.8 Å². The number of anilines is 2. The van der Waals surface area contributed by atoms with Crippen LogP contribution in [-0.4, -0.2) is 70.0 Å². The first kappa shape index (κ1) is 19.9. The smallest absolute Gasteiger partial charge is 0.227 e. The van der Waals surface area contributed by atoms with E-state index in [1.54, 1.807) is 10.8 Å². The Hall–Kier alpha value is -3.04. The van der Waals surface area contributed by atoms with Crippen LogP contribution in [0.5, 0.6) is 0 Å². The lowest BCUT2D eigenvalue weighted by Crippen LogP contribution is -2.39. The number of aromatic nitrogens is 4. The van der Waals surface area contributed by atoms with Crippen LogP contribution in [-0.2, 0) is 16.1 Å². The standard InChI is InChI=1S/C22H27N7O2/c30-22(24-19-4-2-1-3-18(19)15-27-11-13-31-14-12-27)17-7-9-28(10-8-17)21-6-5-20-25-23-16-29(20)26-21/h1-6,16-17H,7-15H2,(H,24,30). The topological polar surface area (TPSA) is 87.9 Å². The van der Waals surface area contributed by atoms with Gasteiger partial charge in [-0.25, -0.2) is 0 Å². The maximum atomic E-state index is 13.0. The van der Waals surface area contributed by atoms with Gasteiger partial charge in [0.25, 0.3) is 0 Å². The van der Waals surface area contributed by atoms with E-state index in [4.69, 9.17) is 4.74 Å². The minimum Gasteiger partial charge on any atom is -0.379 e. The van der Waals surface area contributed by atoms with Crippen molar-refractivity contribution in [2.24, 2.45) is 5.92 Å². The molecule has 2 fully saturated rings. The number of nitrogens with one attached hydrogen (secondary N) is 1. The molecule has 0 atom stereocenters. The lowest BCUT2D eigenvalue weighted by molar-refractivity contribution is -0.120. The van der Waals surface area contributed by atoms with Gasteiger partial charge in [0, 0.05) is 44.3 Å². The van der Waals surface area contributed by atoms with Crippen LogP contribution in [0.3, 0.4) is 0 Å².